The summed E-state index contributed by atoms with van der Waals surface area (Å²) in [6.07, 6.45) is 3.51. The lowest BCUT2D eigenvalue weighted by atomic mass is 10.2. The number of nitrogen functional groups attached to an aromatic ring is 1. The topological polar surface area (TPSA) is 87.7 Å². The van der Waals surface area contributed by atoms with Gasteiger partial charge in [-0.3, -0.25) is 0 Å². The zero-order chi connectivity index (χ0) is 10.4. The largest absolute Gasteiger partial charge is 0.384 e. The zero-order valence-corrected chi connectivity index (χ0v) is 7.88. The average molecular weight is 189 g/mol. The van der Waals surface area contributed by atoms with Gasteiger partial charge in [-0.15, -0.1) is 0 Å². The standard InChI is InChI=1S/C9H11N5/c1-7-5-8(13-9(10)6-7)3-2-4-12-14-11/h2-3,5-6H,4H2,1H3,(H2,10,13). The van der Waals surface area contributed by atoms with Gasteiger partial charge in [-0.25, -0.2) is 4.98 Å². The van der Waals surface area contributed by atoms with E-state index < -0.39 is 0 Å². The molecule has 1 rings (SSSR count). The van der Waals surface area contributed by atoms with E-state index in [9.17, 15) is 0 Å². The Labute approximate surface area is 81.9 Å². The summed E-state index contributed by atoms with van der Waals surface area (Å²) in [5.74, 6) is 0.494. The lowest BCUT2D eigenvalue weighted by Gasteiger charge is -1.98. The van der Waals surface area contributed by atoms with Gasteiger partial charge in [-0.1, -0.05) is 11.2 Å². The summed E-state index contributed by atoms with van der Waals surface area (Å²) < 4.78 is 0. The molecule has 72 valence electrons. The van der Waals surface area contributed by atoms with Crippen LogP contribution in [0.2, 0.25) is 0 Å². The first-order chi connectivity index (χ1) is 6.72. The molecule has 0 unspecified atom stereocenters. The zero-order valence-electron chi connectivity index (χ0n) is 7.88. The molecule has 0 radical (unpaired) electrons. The molecule has 1 aromatic heterocycles. The summed E-state index contributed by atoms with van der Waals surface area (Å²) in [5.41, 5.74) is 15.4. The summed E-state index contributed by atoms with van der Waals surface area (Å²) in [4.78, 5) is 6.72. The lowest BCUT2D eigenvalue weighted by molar-refractivity contribution is 1.21. The van der Waals surface area contributed by atoms with Gasteiger partial charge < -0.3 is 5.73 Å². The van der Waals surface area contributed by atoms with E-state index in [1.54, 1.807) is 18.2 Å². The molecule has 0 spiro atoms. The van der Waals surface area contributed by atoms with E-state index in [1.165, 1.54) is 0 Å². The molecule has 0 aliphatic heterocycles. The van der Waals surface area contributed by atoms with Crippen LogP contribution in [0, 0.1) is 6.92 Å². The number of aryl methyl sites for hydroxylation is 1. The molecule has 0 aliphatic rings. The monoisotopic (exact) mass is 189 g/mol. The van der Waals surface area contributed by atoms with Crippen molar-refractivity contribution in [2.45, 2.75) is 6.92 Å². The fourth-order valence-corrected chi connectivity index (χ4v) is 1.06. The number of rotatable bonds is 3. The lowest BCUT2D eigenvalue weighted by Crippen LogP contribution is -1.92. The number of anilines is 1. The Morgan fingerprint density at radius 3 is 3.07 bits per heavy atom. The number of pyridine rings is 1. The highest BCUT2D eigenvalue weighted by Gasteiger charge is 1.92. The second-order valence-corrected chi connectivity index (χ2v) is 2.81. The van der Waals surface area contributed by atoms with Crippen LogP contribution in [0.25, 0.3) is 16.5 Å². The summed E-state index contributed by atoms with van der Waals surface area (Å²) in [5, 5.41) is 3.37. The molecule has 0 atom stereocenters. The van der Waals surface area contributed by atoms with Gasteiger partial charge in [0.15, 0.2) is 0 Å². The Balaban J connectivity index is 2.75. The summed E-state index contributed by atoms with van der Waals surface area (Å²) in [6, 6.07) is 3.70. The van der Waals surface area contributed by atoms with Crippen molar-refractivity contribution in [2.75, 3.05) is 12.3 Å². The number of nitrogens with two attached hydrogens (primary N) is 1. The smallest absolute Gasteiger partial charge is 0.124 e. The third-order valence-corrected chi connectivity index (χ3v) is 1.55. The highest BCUT2D eigenvalue weighted by atomic mass is 15.1. The highest BCUT2D eigenvalue weighted by molar-refractivity contribution is 5.49. The van der Waals surface area contributed by atoms with Crippen LogP contribution in [0.15, 0.2) is 23.3 Å². The maximum atomic E-state index is 8.04. The molecular weight excluding hydrogens is 178 g/mol. The Morgan fingerprint density at radius 1 is 1.64 bits per heavy atom. The minimum absolute atomic E-state index is 0.325. The van der Waals surface area contributed by atoms with E-state index in [-0.39, 0.29) is 0 Å². The van der Waals surface area contributed by atoms with E-state index >= 15 is 0 Å². The van der Waals surface area contributed by atoms with Crippen molar-refractivity contribution in [2.24, 2.45) is 5.11 Å². The third kappa shape index (κ3) is 3.16. The highest BCUT2D eigenvalue weighted by Crippen LogP contribution is 2.07. The molecule has 0 fully saturated rings. The van der Waals surface area contributed by atoms with Gasteiger partial charge in [0.1, 0.15) is 5.82 Å². The third-order valence-electron chi connectivity index (χ3n) is 1.55. The fraction of sp³-hybridized carbons (Fsp3) is 0.222. The quantitative estimate of drug-likeness (QED) is 0.449. The predicted octanol–water partition coefficient (Wildman–Crippen LogP) is 2.30. The Hall–Kier alpha value is -2.00. The van der Waals surface area contributed by atoms with Crippen LogP contribution in [-0.4, -0.2) is 11.5 Å². The van der Waals surface area contributed by atoms with Crippen LogP contribution in [0.5, 0.6) is 0 Å². The first-order valence-corrected chi connectivity index (χ1v) is 4.14. The van der Waals surface area contributed by atoms with Gasteiger partial charge in [-0.2, -0.15) is 0 Å². The minimum Gasteiger partial charge on any atom is -0.384 e. The molecule has 0 bridgehead atoms. The number of hydrogen-bond acceptors (Lipinski definition) is 3. The first kappa shape index (κ1) is 10.1. The minimum atomic E-state index is 0.325. The van der Waals surface area contributed by atoms with E-state index in [2.05, 4.69) is 15.0 Å². The molecule has 14 heavy (non-hydrogen) atoms. The van der Waals surface area contributed by atoms with Crippen molar-refractivity contribution in [3.8, 4) is 0 Å². The van der Waals surface area contributed by atoms with Crippen molar-refractivity contribution in [3.05, 3.63) is 39.9 Å². The molecule has 5 heteroatoms. The maximum absolute atomic E-state index is 8.04. The van der Waals surface area contributed by atoms with Gasteiger partial charge in [0.2, 0.25) is 0 Å². The van der Waals surface area contributed by atoms with E-state index in [1.807, 2.05) is 13.0 Å². The molecule has 0 aromatic carbocycles. The number of nitrogens with zero attached hydrogens (tertiary/aromatic N) is 4. The van der Waals surface area contributed by atoms with Crippen LogP contribution >= 0.6 is 0 Å². The molecule has 2 N–H and O–H groups in total. The van der Waals surface area contributed by atoms with Crippen LogP contribution in [0.1, 0.15) is 11.3 Å². The van der Waals surface area contributed by atoms with E-state index in [4.69, 9.17) is 11.3 Å². The van der Waals surface area contributed by atoms with Crippen molar-refractivity contribution >= 4 is 11.9 Å². The maximum Gasteiger partial charge on any atom is 0.124 e. The normalized spacial score (nSPS) is 10.1. The van der Waals surface area contributed by atoms with Crippen LogP contribution in [0.3, 0.4) is 0 Å². The number of hydrogen-bond donors (Lipinski definition) is 1. The second-order valence-electron chi connectivity index (χ2n) is 2.81. The summed E-state index contributed by atoms with van der Waals surface area (Å²) in [7, 11) is 0. The Kier molecular flexibility index (Phi) is 3.52. The Morgan fingerprint density at radius 2 is 2.43 bits per heavy atom. The molecule has 1 heterocycles. The molecule has 0 amide bonds. The van der Waals surface area contributed by atoms with Gasteiger partial charge in [0.05, 0.1) is 5.69 Å². The molecular formula is C9H11N5. The van der Waals surface area contributed by atoms with Crippen molar-refractivity contribution in [3.63, 3.8) is 0 Å². The predicted molar refractivity (Wildman–Crippen MR) is 56.4 cm³/mol. The summed E-state index contributed by atoms with van der Waals surface area (Å²) >= 11 is 0. The average Bonchev–Trinajstić information content (AvgIpc) is 2.11. The SMILES string of the molecule is Cc1cc(N)nc(C=CCN=[N+]=[N-])c1. The van der Waals surface area contributed by atoms with Gasteiger partial charge in [0.25, 0.3) is 0 Å². The molecule has 1 aromatic rings. The van der Waals surface area contributed by atoms with Crippen molar-refractivity contribution in [1.29, 1.82) is 0 Å². The van der Waals surface area contributed by atoms with Gasteiger partial charge in [0, 0.05) is 11.5 Å². The van der Waals surface area contributed by atoms with Crippen LogP contribution in [0.4, 0.5) is 5.82 Å². The molecule has 5 nitrogen and oxygen atoms in total. The molecule has 0 aliphatic carbocycles. The van der Waals surface area contributed by atoms with Gasteiger partial charge >= 0.3 is 0 Å². The van der Waals surface area contributed by atoms with Gasteiger partial charge in [-0.05, 0) is 36.2 Å². The summed E-state index contributed by atoms with van der Waals surface area (Å²) in [6.45, 7) is 2.27. The Bertz CT molecular complexity index is 370. The number of aromatic nitrogens is 1. The van der Waals surface area contributed by atoms with Crippen molar-refractivity contribution < 1.29 is 0 Å². The molecule has 0 saturated heterocycles. The second kappa shape index (κ2) is 4.89. The first-order valence-electron chi connectivity index (χ1n) is 4.14. The fourth-order valence-electron chi connectivity index (χ4n) is 1.06. The van der Waals surface area contributed by atoms with E-state index in [0.717, 1.165) is 11.3 Å². The van der Waals surface area contributed by atoms with Crippen LogP contribution < -0.4 is 5.73 Å². The van der Waals surface area contributed by atoms with Crippen molar-refractivity contribution in [1.82, 2.24) is 4.98 Å². The molecule has 0 saturated carbocycles. The van der Waals surface area contributed by atoms with E-state index in [0.29, 0.717) is 12.4 Å². The van der Waals surface area contributed by atoms with Crippen LogP contribution in [-0.2, 0) is 0 Å². The number of azide groups is 1.